The van der Waals surface area contributed by atoms with E-state index in [9.17, 15) is 13.0 Å². The molecule has 0 fully saturated rings. The summed E-state index contributed by atoms with van der Waals surface area (Å²) < 4.78 is 37.6. The molecule has 6 heteroatoms. The van der Waals surface area contributed by atoms with Crippen LogP contribution in [0.1, 0.15) is 6.92 Å². The van der Waals surface area contributed by atoms with Crippen LogP contribution in [0.5, 0.6) is 0 Å². The van der Waals surface area contributed by atoms with Crippen molar-refractivity contribution in [2.45, 2.75) is 13.0 Å². The molecule has 0 spiro atoms. The van der Waals surface area contributed by atoms with Gasteiger partial charge in [-0.25, -0.2) is 8.78 Å². The summed E-state index contributed by atoms with van der Waals surface area (Å²) in [6.07, 6.45) is 1.54. The van der Waals surface area contributed by atoms with Crippen LogP contribution in [-0.2, 0) is 10.8 Å². The molecular formula is C10H14F2N2OS. The van der Waals surface area contributed by atoms with Gasteiger partial charge in [0.05, 0.1) is 0 Å². The minimum absolute atomic E-state index is 0.0345. The second-order valence-electron chi connectivity index (χ2n) is 3.64. The number of nitrogen functional groups attached to an aromatic ring is 1. The predicted molar refractivity (Wildman–Crippen MR) is 62.8 cm³/mol. The Labute approximate surface area is 95.5 Å². The standard InChI is InChI=1S/C10H14F2N2OS/c1-6(5-16(2)15)14-10-8(11)3-7(13)4-9(10)12/h3-4,6,14H,5,13H2,1-2H3. The van der Waals surface area contributed by atoms with Crippen LogP contribution in [0.3, 0.4) is 0 Å². The van der Waals surface area contributed by atoms with Crippen molar-refractivity contribution in [2.75, 3.05) is 23.1 Å². The van der Waals surface area contributed by atoms with Crippen LogP contribution >= 0.6 is 0 Å². The minimum Gasteiger partial charge on any atom is -0.399 e. The Balaban J connectivity index is 2.85. The molecule has 0 bridgehead atoms. The Morgan fingerprint density at radius 1 is 1.44 bits per heavy atom. The molecule has 1 aromatic rings. The van der Waals surface area contributed by atoms with Crippen molar-refractivity contribution in [1.29, 1.82) is 0 Å². The summed E-state index contributed by atoms with van der Waals surface area (Å²) in [5.74, 6) is -1.17. The van der Waals surface area contributed by atoms with Crippen molar-refractivity contribution in [2.24, 2.45) is 0 Å². The predicted octanol–water partition coefficient (Wildman–Crippen LogP) is 1.73. The van der Waals surface area contributed by atoms with Crippen molar-refractivity contribution in [3.63, 3.8) is 0 Å². The van der Waals surface area contributed by atoms with E-state index in [0.717, 1.165) is 12.1 Å². The Morgan fingerprint density at radius 3 is 2.38 bits per heavy atom. The van der Waals surface area contributed by atoms with Crippen molar-refractivity contribution in [3.8, 4) is 0 Å². The van der Waals surface area contributed by atoms with E-state index in [0.29, 0.717) is 5.75 Å². The number of rotatable bonds is 4. The molecule has 0 radical (unpaired) electrons. The number of halogens is 2. The fraction of sp³-hybridized carbons (Fsp3) is 0.400. The number of hydrogen-bond donors (Lipinski definition) is 2. The van der Waals surface area contributed by atoms with Gasteiger partial charge in [0.15, 0.2) is 11.6 Å². The van der Waals surface area contributed by atoms with E-state index >= 15 is 0 Å². The fourth-order valence-electron chi connectivity index (χ4n) is 1.37. The van der Waals surface area contributed by atoms with E-state index in [4.69, 9.17) is 5.73 Å². The van der Waals surface area contributed by atoms with Crippen LogP contribution < -0.4 is 11.1 Å². The highest BCUT2D eigenvalue weighted by Gasteiger charge is 2.13. The second-order valence-corrected chi connectivity index (χ2v) is 5.12. The first-order valence-corrected chi connectivity index (χ1v) is 6.44. The number of benzene rings is 1. The van der Waals surface area contributed by atoms with E-state index < -0.39 is 22.4 Å². The highest BCUT2D eigenvalue weighted by Crippen LogP contribution is 2.22. The molecule has 90 valence electrons. The van der Waals surface area contributed by atoms with Gasteiger partial charge in [-0.05, 0) is 19.1 Å². The monoisotopic (exact) mass is 248 g/mol. The smallest absolute Gasteiger partial charge is 0.151 e. The van der Waals surface area contributed by atoms with Crippen LogP contribution in [-0.4, -0.2) is 22.3 Å². The van der Waals surface area contributed by atoms with E-state index in [1.54, 1.807) is 6.92 Å². The van der Waals surface area contributed by atoms with E-state index in [2.05, 4.69) is 5.32 Å². The van der Waals surface area contributed by atoms with E-state index in [1.807, 2.05) is 0 Å². The Morgan fingerprint density at radius 2 is 1.94 bits per heavy atom. The zero-order valence-electron chi connectivity index (χ0n) is 9.09. The summed E-state index contributed by atoms with van der Waals surface area (Å²) in [7, 11) is -1.02. The minimum atomic E-state index is -1.02. The Hall–Kier alpha value is -1.17. The second kappa shape index (κ2) is 5.25. The lowest BCUT2D eigenvalue weighted by Crippen LogP contribution is -2.23. The maximum atomic E-state index is 13.4. The first-order chi connectivity index (χ1) is 7.40. The zero-order valence-corrected chi connectivity index (χ0v) is 9.91. The van der Waals surface area contributed by atoms with E-state index in [1.165, 1.54) is 6.26 Å². The summed E-state index contributed by atoms with van der Waals surface area (Å²) in [5, 5.41) is 2.64. The molecule has 2 atom stereocenters. The molecule has 0 aromatic heterocycles. The SMILES string of the molecule is CC(CS(C)=O)Nc1c(F)cc(N)cc1F. The van der Waals surface area contributed by atoms with Gasteiger partial charge in [0, 0.05) is 34.5 Å². The number of nitrogens with one attached hydrogen (secondary N) is 1. The molecule has 3 N–H and O–H groups in total. The van der Waals surface area contributed by atoms with Gasteiger partial charge in [0.25, 0.3) is 0 Å². The lowest BCUT2D eigenvalue weighted by Gasteiger charge is -2.15. The van der Waals surface area contributed by atoms with Crippen LogP contribution in [0, 0.1) is 11.6 Å². The van der Waals surface area contributed by atoms with Crippen LogP contribution in [0.2, 0.25) is 0 Å². The summed E-state index contributed by atoms with van der Waals surface area (Å²) in [6, 6.07) is 1.81. The molecule has 0 saturated heterocycles. The number of hydrogen-bond acceptors (Lipinski definition) is 3. The van der Waals surface area contributed by atoms with Crippen molar-refractivity contribution in [1.82, 2.24) is 0 Å². The summed E-state index contributed by atoms with van der Waals surface area (Å²) >= 11 is 0. The third-order valence-corrected chi connectivity index (χ3v) is 2.91. The molecule has 1 aromatic carbocycles. The van der Waals surface area contributed by atoms with Crippen LogP contribution in [0.25, 0.3) is 0 Å². The van der Waals surface area contributed by atoms with Gasteiger partial charge in [-0.15, -0.1) is 0 Å². The average molecular weight is 248 g/mol. The summed E-state index contributed by atoms with van der Waals surface area (Å²) in [4.78, 5) is 0. The van der Waals surface area contributed by atoms with Gasteiger partial charge in [-0.2, -0.15) is 0 Å². The molecule has 1 rings (SSSR count). The molecule has 0 saturated carbocycles. The molecule has 0 heterocycles. The topological polar surface area (TPSA) is 55.1 Å². The van der Waals surface area contributed by atoms with Crippen LogP contribution in [0.15, 0.2) is 12.1 Å². The normalized spacial score (nSPS) is 14.5. The third-order valence-electron chi connectivity index (χ3n) is 1.94. The van der Waals surface area contributed by atoms with Crippen molar-refractivity contribution in [3.05, 3.63) is 23.8 Å². The molecule has 16 heavy (non-hydrogen) atoms. The first kappa shape index (κ1) is 12.9. The molecule has 0 amide bonds. The van der Waals surface area contributed by atoms with Gasteiger partial charge in [-0.1, -0.05) is 0 Å². The average Bonchev–Trinajstić information content (AvgIpc) is 2.09. The summed E-state index contributed by atoms with van der Waals surface area (Å²) in [5.41, 5.74) is 5.09. The molecule has 3 nitrogen and oxygen atoms in total. The Kier molecular flexibility index (Phi) is 4.23. The number of nitrogens with two attached hydrogens (primary N) is 1. The maximum absolute atomic E-state index is 13.4. The molecular weight excluding hydrogens is 234 g/mol. The zero-order chi connectivity index (χ0) is 12.3. The third kappa shape index (κ3) is 3.44. The molecule has 0 aliphatic rings. The van der Waals surface area contributed by atoms with Gasteiger partial charge < -0.3 is 11.1 Å². The largest absolute Gasteiger partial charge is 0.399 e. The van der Waals surface area contributed by atoms with Crippen molar-refractivity contribution >= 4 is 22.2 Å². The van der Waals surface area contributed by atoms with Gasteiger partial charge in [-0.3, -0.25) is 4.21 Å². The lowest BCUT2D eigenvalue weighted by molar-refractivity contribution is 0.586. The molecule has 0 aliphatic carbocycles. The fourth-order valence-corrected chi connectivity index (χ4v) is 2.16. The molecule has 2 unspecified atom stereocenters. The van der Waals surface area contributed by atoms with Gasteiger partial charge in [0.1, 0.15) is 5.69 Å². The van der Waals surface area contributed by atoms with Gasteiger partial charge in [0.2, 0.25) is 0 Å². The van der Waals surface area contributed by atoms with E-state index in [-0.39, 0.29) is 17.4 Å². The maximum Gasteiger partial charge on any atom is 0.151 e. The first-order valence-electron chi connectivity index (χ1n) is 4.71. The van der Waals surface area contributed by atoms with Crippen molar-refractivity contribution < 1.29 is 13.0 Å². The highest BCUT2D eigenvalue weighted by molar-refractivity contribution is 7.84. The summed E-state index contributed by atoms with van der Waals surface area (Å²) in [6.45, 7) is 1.70. The molecule has 0 aliphatic heterocycles. The van der Waals surface area contributed by atoms with Crippen LogP contribution in [0.4, 0.5) is 20.2 Å². The highest BCUT2D eigenvalue weighted by atomic mass is 32.2. The van der Waals surface area contributed by atoms with Gasteiger partial charge >= 0.3 is 0 Å². The Bertz CT molecular complexity index is 389. The quantitative estimate of drug-likeness (QED) is 0.798. The number of anilines is 2. The lowest BCUT2D eigenvalue weighted by atomic mass is 10.2.